The number of nitrogens with one attached hydrogen (secondary N) is 1. The smallest absolute Gasteiger partial charge is 0.196 e. The minimum absolute atomic E-state index is 0.460. The highest BCUT2D eigenvalue weighted by Crippen LogP contribution is 2.34. The molecule has 1 N–H and O–H groups in total. The van der Waals surface area contributed by atoms with Crippen LogP contribution >= 0.6 is 11.8 Å². The predicted molar refractivity (Wildman–Crippen MR) is 115 cm³/mol. The van der Waals surface area contributed by atoms with Crippen molar-refractivity contribution in [1.29, 1.82) is 0 Å². The van der Waals surface area contributed by atoms with E-state index in [1.54, 1.807) is 11.8 Å². The van der Waals surface area contributed by atoms with Crippen molar-refractivity contribution in [2.75, 3.05) is 6.61 Å². The van der Waals surface area contributed by atoms with Crippen LogP contribution in [0.4, 0.5) is 0 Å². The van der Waals surface area contributed by atoms with Gasteiger partial charge in [-0.2, -0.15) is 0 Å². The number of aromatic amines is 1. The maximum Gasteiger partial charge on any atom is 0.196 e. The highest BCUT2D eigenvalue weighted by atomic mass is 32.2. The number of para-hydroxylation sites is 1. The average molecular weight is 393 g/mol. The van der Waals surface area contributed by atoms with Gasteiger partial charge in [0, 0.05) is 33.6 Å². The second-order valence-corrected chi connectivity index (χ2v) is 8.06. The fourth-order valence-electron chi connectivity index (χ4n) is 3.13. The van der Waals surface area contributed by atoms with Crippen LogP contribution in [0.2, 0.25) is 0 Å². The van der Waals surface area contributed by atoms with E-state index < -0.39 is 0 Å². The number of thioether (sulfide) groups is 1. The third kappa shape index (κ3) is 3.52. The Labute approximate surface area is 169 Å². The van der Waals surface area contributed by atoms with Crippen LogP contribution < -0.4 is 4.74 Å². The van der Waals surface area contributed by atoms with Crippen LogP contribution in [0.15, 0.2) is 59.9 Å². The van der Waals surface area contributed by atoms with Gasteiger partial charge in [0.15, 0.2) is 11.0 Å². The van der Waals surface area contributed by atoms with Gasteiger partial charge >= 0.3 is 0 Å². The Kier molecular flexibility index (Phi) is 5.39. The molecule has 1 atom stereocenters. The van der Waals surface area contributed by atoms with Crippen molar-refractivity contribution >= 4 is 22.7 Å². The Hall–Kier alpha value is -2.73. The van der Waals surface area contributed by atoms with Gasteiger partial charge in [0.1, 0.15) is 5.75 Å². The zero-order valence-electron chi connectivity index (χ0n) is 16.3. The molecule has 0 aliphatic heterocycles. The second-order valence-electron chi connectivity index (χ2n) is 6.65. The molecule has 6 heteroatoms. The van der Waals surface area contributed by atoms with E-state index in [1.165, 1.54) is 0 Å². The lowest BCUT2D eigenvalue weighted by Crippen LogP contribution is -2.02. The first-order valence-corrected chi connectivity index (χ1v) is 10.5. The zero-order chi connectivity index (χ0) is 19.5. The molecule has 0 radical (unpaired) electrons. The molecule has 0 bridgehead atoms. The Morgan fingerprint density at radius 2 is 1.86 bits per heavy atom. The normalized spacial score (nSPS) is 12.4. The van der Waals surface area contributed by atoms with Crippen molar-refractivity contribution in [2.45, 2.75) is 37.6 Å². The van der Waals surface area contributed by atoms with Crippen LogP contribution in [-0.2, 0) is 0 Å². The van der Waals surface area contributed by atoms with Crippen LogP contribution in [0.3, 0.4) is 0 Å². The third-order valence-electron chi connectivity index (χ3n) is 4.75. The number of hydrogen-bond donors (Lipinski definition) is 1. The number of benzene rings is 2. The Bertz CT molecular complexity index is 1070. The van der Waals surface area contributed by atoms with Gasteiger partial charge in [-0.3, -0.25) is 4.57 Å². The van der Waals surface area contributed by atoms with Crippen molar-refractivity contribution in [3.8, 4) is 22.8 Å². The van der Waals surface area contributed by atoms with Gasteiger partial charge in [-0.05, 0) is 43.7 Å². The van der Waals surface area contributed by atoms with Gasteiger partial charge in [0.25, 0.3) is 0 Å². The number of ether oxygens (including phenoxy) is 1. The molecule has 0 saturated heterocycles. The Morgan fingerprint density at radius 3 is 2.61 bits per heavy atom. The fraction of sp³-hybridized carbons (Fsp3) is 0.273. The predicted octanol–water partition coefficient (Wildman–Crippen LogP) is 5.70. The molecule has 144 valence electrons. The van der Waals surface area contributed by atoms with E-state index in [0.717, 1.165) is 45.3 Å². The van der Waals surface area contributed by atoms with E-state index in [4.69, 9.17) is 4.74 Å². The topological polar surface area (TPSA) is 55.7 Å². The highest BCUT2D eigenvalue weighted by Gasteiger charge is 2.20. The summed E-state index contributed by atoms with van der Waals surface area (Å²) in [6.45, 7) is 7.05. The van der Waals surface area contributed by atoms with E-state index in [1.807, 2.05) is 37.4 Å². The molecular weight excluding hydrogens is 368 g/mol. The van der Waals surface area contributed by atoms with Crippen molar-refractivity contribution in [2.24, 2.45) is 0 Å². The summed E-state index contributed by atoms with van der Waals surface area (Å²) in [6.07, 6.45) is 3.08. The van der Waals surface area contributed by atoms with Crippen LogP contribution in [0.1, 0.15) is 27.2 Å². The Balaban J connectivity index is 1.85. The first-order valence-electron chi connectivity index (χ1n) is 9.63. The van der Waals surface area contributed by atoms with Gasteiger partial charge in [-0.25, -0.2) is 0 Å². The lowest BCUT2D eigenvalue weighted by atomic mass is 10.1. The SMILES string of the molecule is CCOc1ccc(-n2c(S[C@H](C)CC)nnc2-c2c[nH]c3ccccc23)cc1. The number of aromatic nitrogens is 4. The molecule has 4 rings (SSSR count). The van der Waals surface area contributed by atoms with Gasteiger partial charge < -0.3 is 9.72 Å². The summed E-state index contributed by atoms with van der Waals surface area (Å²) in [7, 11) is 0. The van der Waals surface area contributed by atoms with E-state index >= 15 is 0 Å². The van der Waals surface area contributed by atoms with Crippen LogP contribution in [0.5, 0.6) is 5.75 Å². The van der Waals surface area contributed by atoms with E-state index in [-0.39, 0.29) is 0 Å². The van der Waals surface area contributed by atoms with Crippen molar-refractivity contribution in [1.82, 2.24) is 19.7 Å². The van der Waals surface area contributed by atoms with Gasteiger partial charge in [-0.1, -0.05) is 43.8 Å². The molecule has 0 unspecified atom stereocenters. The van der Waals surface area contributed by atoms with Gasteiger partial charge in [0.05, 0.1) is 6.61 Å². The summed E-state index contributed by atoms with van der Waals surface area (Å²) < 4.78 is 7.74. The summed E-state index contributed by atoms with van der Waals surface area (Å²) in [6, 6.07) is 16.4. The van der Waals surface area contributed by atoms with E-state index in [9.17, 15) is 0 Å². The number of fused-ring (bicyclic) bond motifs is 1. The quantitative estimate of drug-likeness (QED) is 0.410. The molecule has 0 aliphatic carbocycles. The number of nitrogens with zero attached hydrogens (tertiary/aromatic N) is 3. The molecule has 4 aromatic rings. The first-order chi connectivity index (χ1) is 13.7. The Morgan fingerprint density at radius 1 is 1.07 bits per heavy atom. The summed E-state index contributed by atoms with van der Waals surface area (Å²) in [5.41, 5.74) is 3.17. The summed E-state index contributed by atoms with van der Waals surface area (Å²) in [5, 5.41) is 11.6. The molecule has 0 aliphatic rings. The summed E-state index contributed by atoms with van der Waals surface area (Å²) >= 11 is 1.75. The lowest BCUT2D eigenvalue weighted by molar-refractivity contribution is 0.340. The van der Waals surface area contributed by atoms with Gasteiger partial charge in [-0.15, -0.1) is 10.2 Å². The van der Waals surface area contributed by atoms with Crippen molar-refractivity contribution < 1.29 is 4.74 Å². The molecule has 2 aromatic heterocycles. The van der Waals surface area contributed by atoms with Crippen LogP contribution in [-0.4, -0.2) is 31.6 Å². The highest BCUT2D eigenvalue weighted by molar-refractivity contribution is 7.99. The lowest BCUT2D eigenvalue weighted by Gasteiger charge is -2.13. The van der Waals surface area contributed by atoms with E-state index in [2.05, 4.69) is 57.9 Å². The molecular formula is C22H24N4OS. The molecule has 0 fully saturated rings. The third-order valence-corrected chi connectivity index (χ3v) is 5.96. The standard InChI is InChI=1S/C22H24N4OS/c1-4-15(3)28-22-25-24-21(19-14-23-20-9-7-6-8-18(19)20)26(22)16-10-12-17(13-11-16)27-5-2/h6-15,23H,4-5H2,1-3H3/t15-/m1/s1. The molecule has 0 saturated carbocycles. The molecule has 5 nitrogen and oxygen atoms in total. The molecule has 0 amide bonds. The fourth-order valence-corrected chi connectivity index (χ4v) is 4.04. The van der Waals surface area contributed by atoms with Gasteiger partial charge in [0.2, 0.25) is 0 Å². The van der Waals surface area contributed by atoms with Crippen molar-refractivity contribution in [3.63, 3.8) is 0 Å². The number of H-pyrrole nitrogens is 1. The zero-order valence-corrected chi connectivity index (χ0v) is 17.2. The average Bonchev–Trinajstić information content (AvgIpc) is 3.32. The maximum atomic E-state index is 5.60. The molecule has 2 heterocycles. The molecule has 28 heavy (non-hydrogen) atoms. The minimum atomic E-state index is 0.460. The number of rotatable bonds is 7. The minimum Gasteiger partial charge on any atom is -0.494 e. The van der Waals surface area contributed by atoms with E-state index in [0.29, 0.717) is 11.9 Å². The monoisotopic (exact) mass is 392 g/mol. The molecule has 0 spiro atoms. The summed E-state index contributed by atoms with van der Waals surface area (Å²) in [5.74, 6) is 1.71. The molecule has 2 aromatic carbocycles. The largest absolute Gasteiger partial charge is 0.494 e. The second kappa shape index (κ2) is 8.10. The summed E-state index contributed by atoms with van der Waals surface area (Å²) in [4.78, 5) is 3.34. The van der Waals surface area contributed by atoms with Crippen LogP contribution in [0.25, 0.3) is 28.0 Å². The van der Waals surface area contributed by atoms with Crippen molar-refractivity contribution in [3.05, 3.63) is 54.7 Å². The number of hydrogen-bond acceptors (Lipinski definition) is 4. The first kappa shape index (κ1) is 18.6. The van der Waals surface area contributed by atoms with Crippen LogP contribution in [0, 0.1) is 0 Å². The maximum absolute atomic E-state index is 5.60.